The van der Waals surface area contributed by atoms with Gasteiger partial charge >= 0.3 is 0 Å². The lowest BCUT2D eigenvalue weighted by Gasteiger charge is -2.33. The lowest BCUT2D eigenvalue weighted by atomic mass is 9.80. The zero-order valence-electron chi connectivity index (χ0n) is 9.29. The largest absolute Gasteiger partial charge is 0.307 e. The average Bonchev–Trinajstić information content (AvgIpc) is 2.48. The maximum atomic E-state index is 3.70. The third kappa shape index (κ3) is 2.83. The number of thiophene rings is 1. The molecule has 3 heteroatoms. The second-order valence-electron chi connectivity index (χ2n) is 4.51. The van der Waals surface area contributed by atoms with Crippen molar-refractivity contribution in [2.45, 2.75) is 45.2 Å². The Morgan fingerprint density at radius 3 is 2.60 bits per heavy atom. The standard InChI is InChI=1S/C12H18BrNS/c1-8(10-4-3-5-10)14-9(2)11-6-7-12(13)15-11/h6-10,14H,3-5H2,1-2H3. The minimum Gasteiger partial charge on any atom is -0.307 e. The Balaban J connectivity index is 1.88. The summed E-state index contributed by atoms with van der Waals surface area (Å²) in [7, 11) is 0. The summed E-state index contributed by atoms with van der Waals surface area (Å²) in [5, 5.41) is 3.70. The minimum atomic E-state index is 0.483. The summed E-state index contributed by atoms with van der Waals surface area (Å²) >= 11 is 5.34. The SMILES string of the molecule is CC(NC(C)C1CCC1)c1ccc(Br)s1. The van der Waals surface area contributed by atoms with Crippen molar-refractivity contribution in [1.82, 2.24) is 5.32 Å². The van der Waals surface area contributed by atoms with Crippen molar-refractivity contribution in [3.63, 3.8) is 0 Å². The molecule has 1 nitrogen and oxygen atoms in total. The zero-order valence-corrected chi connectivity index (χ0v) is 11.7. The topological polar surface area (TPSA) is 12.0 Å². The van der Waals surface area contributed by atoms with Crippen LogP contribution in [0.5, 0.6) is 0 Å². The number of hydrogen-bond donors (Lipinski definition) is 1. The van der Waals surface area contributed by atoms with E-state index in [0.29, 0.717) is 12.1 Å². The van der Waals surface area contributed by atoms with E-state index in [1.807, 2.05) is 11.3 Å². The molecule has 2 atom stereocenters. The van der Waals surface area contributed by atoms with Gasteiger partial charge < -0.3 is 5.32 Å². The molecule has 84 valence electrons. The molecule has 0 spiro atoms. The fraction of sp³-hybridized carbons (Fsp3) is 0.667. The Labute approximate surface area is 104 Å². The Morgan fingerprint density at radius 2 is 2.13 bits per heavy atom. The predicted molar refractivity (Wildman–Crippen MR) is 70.4 cm³/mol. The minimum absolute atomic E-state index is 0.483. The first kappa shape index (κ1) is 11.6. The number of rotatable bonds is 4. The molecule has 0 radical (unpaired) electrons. The van der Waals surface area contributed by atoms with Crippen LogP contribution in [0.3, 0.4) is 0 Å². The summed E-state index contributed by atoms with van der Waals surface area (Å²) in [4.78, 5) is 1.42. The van der Waals surface area contributed by atoms with E-state index >= 15 is 0 Å². The fourth-order valence-electron chi connectivity index (χ4n) is 2.11. The maximum absolute atomic E-state index is 3.70. The molecule has 2 rings (SSSR count). The van der Waals surface area contributed by atoms with E-state index < -0.39 is 0 Å². The van der Waals surface area contributed by atoms with Crippen LogP contribution in [-0.2, 0) is 0 Å². The van der Waals surface area contributed by atoms with Crippen molar-refractivity contribution in [3.8, 4) is 0 Å². The highest BCUT2D eigenvalue weighted by Crippen LogP contribution is 2.32. The first-order valence-corrected chi connectivity index (χ1v) is 7.29. The van der Waals surface area contributed by atoms with Crippen molar-refractivity contribution in [2.24, 2.45) is 5.92 Å². The smallest absolute Gasteiger partial charge is 0.0701 e. The molecular weight excluding hydrogens is 270 g/mol. The van der Waals surface area contributed by atoms with Crippen LogP contribution in [-0.4, -0.2) is 6.04 Å². The molecule has 1 N–H and O–H groups in total. The molecule has 0 aromatic carbocycles. The van der Waals surface area contributed by atoms with Gasteiger partial charge in [-0.05, 0) is 60.7 Å². The van der Waals surface area contributed by atoms with E-state index in [1.165, 1.54) is 27.9 Å². The maximum Gasteiger partial charge on any atom is 0.0701 e. The molecule has 1 aromatic heterocycles. The molecule has 15 heavy (non-hydrogen) atoms. The highest BCUT2D eigenvalue weighted by Gasteiger charge is 2.25. The van der Waals surface area contributed by atoms with Crippen LogP contribution in [0.2, 0.25) is 0 Å². The highest BCUT2D eigenvalue weighted by molar-refractivity contribution is 9.11. The second-order valence-corrected chi connectivity index (χ2v) is 7.00. The second kappa shape index (κ2) is 4.98. The van der Waals surface area contributed by atoms with Gasteiger partial charge in [0.1, 0.15) is 0 Å². The van der Waals surface area contributed by atoms with Crippen molar-refractivity contribution in [3.05, 3.63) is 20.8 Å². The highest BCUT2D eigenvalue weighted by atomic mass is 79.9. The summed E-state index contributed by atoms with van der Waals surface area (Å²) < 4.78 is 1.22. The van der Waals surface area contributed by atoms with E-state index in [2.05, 4.69) is 47.2 Å². The molecule has 1 fully saturated rings. The van der Waals surface area contributed by atoms with Gasteiger partial charge in [0.05, 0.1) is 3.79 Å². The first-order valence-electron chi connectivity index (χ1n) is 5.68. The Morgan fingerprint density at radius 1 is 1.40 bits per heavy atom. The zero-order chi connectivity index (χ0) is 10.8. The molecule has 1 heterocycles. The van der Waals surface area contributed by atoms with Gasteiger partial charge in [0.2, 0.25) is 0 Å². The number of hydrogen-bond acceptors (Lipinski definition) is 2. The molecule has 1 aliphatic carbocycles. The average molecular weight is 288 g/mol. The van der Waals surface area contributed by atoms with Crippen molar-refractivity contribution >= 4 is 27.3 Å². The molecule has 1 aliphatic rings. The van der Waals surface area contributed by atoms with E-state index in [4.69, 9.17) is 0 Å². The number of nitrogens with one attached hydrogen (secondary N) is 1. The van der Waals surface area contributed by atoms with Crippen molar-refractivity contribution in [2.75, 3.05) is 0 Å². The lowest BCUT2D eigenvalue weighted by molar-refractivity contribution is 0.230. The van der Waals surface area contributed by atoms with Crippen LogP contribution in [0.4, 0.5) is 0 Å². The number of halogens is 1. The van der Waals surface area contributed by atoms with E-state index in [-0.39, 0.29) is 0 Å². The summed E-state index contributed by atoms with van der Waals surface area (Å²) in [6.07, 6.45) is 4.25. The van der Waals surface area contributed by atoms with Crippen LogP contribution >= 0.6 is 27.3 Å². The van der Waals surface area contributed by atoms with Gasteiger partial charge in [-0.25, -0.2) is 0 Å². The van der Waals surface area contributed by atoms with Crippen LogP contribution in [0.1, 0.15) is 44.0 Å². The fourth-order valence-corrected chi connectivity index (χ4v) is 3.55. The van der Waals surface area contributed by atoms with Gasteiger partial charge in [-0.1, -0.05) is 6.42 Å². The van der Waals surface area contributed by atoms with Gasteiger partial charge in [0, 0.05) is 17.0 Å². The van der Waals surface area contributed by atoms with Gasteiger partial charge in [0.15, 0.2) is 0 Å². The van der Waals surface area contributed by atoms with E-state index in [9.17, 15) is 0 Å². The summed E-state index contributed by atoms with van der Waals surface area (Å²) in [5.41, 5.74) is 0. The van der Waals surface area contributed by atoms with Gasteiger partial charge in [0.25, 0.3) is 0 Å². The van der Waals surface area contributed by atoms with Gasteiger partial charge in [-0.15, -0.1) is 11.3 Å². The molecule has 0 aliphatic heterocycles. The van der Waals surface area contributed by atoms with Crippen molar-refractivity contribution < 1.29 is 0 Å². The summed E-state index contributed by atoms with van der Waals surface area (Å²) in [6, 6.07) is 5.48. The van der Waals surface area contributed by atoms with Crippen LogP contribution < -0.4 is 5.32 Å². The van der Waals surface area contributed by atoms with Crippen LogP contribution in [0, 0.1) is 5.92 Å². The lowest BCUT2D eigenvalue weighted by Crippen LogP contribution is -2.38. The third-order valence-corrected chi connectivity index (χ3v) is 5.20. The quantitative estimate of drug-likeness (QED) is 0.868. The first-order chi connectivity index (χ1) is 7.16. The molecule has 0 saturated heterocycles. The molecular formula is C12H18BrNS. The molecule has 0 bridgehead atoms. The summed E-state index contributed by atoms with van der Waals surface area (Å²) in [5.74, 6) is 0.913. The van der Waals surface area contributed by atoms with Crippen molar-refractivity contribution in [1.29, 1.82) is 0 Å². The molecule has 0 amide bonds. The molecule has 2 unspecified atom stereocenters. The predicted octanol–water partition coefficient (Wildman–Crippen LogP) is 4.35. The third-order valence-electron chi connectivity index (χ3n) is 3.39. The van der Waals surface area contributed by atoms with E-state index in [0.717, 1.165) is 5.92 Å². The Hall–Kier alpha value is 0.140. The van der Waals surface area contributed by atoms with E-state index in [1.54, 1.807) is 0 Å². The normalized spacial score (nSPS) is 21.0. The van der Waals surface area contributed by atoms with Gasteiger partial charge in [-0.2, -0.15) is 0 Å². The van der Waals surface area contributed by atoms with Crippen LogP contribution in [0.15, 0.2) is 15.9 Å². The van der Waals surface area contributed by atoms with Crippen LogP contribution in [0.25, 0.3) is 0 Å². The summed E-state index contributed by atoms with van der Waals surface area (Å²) in [6.45, 7) is 4.58. The monoisotopic (exact) mass is 287 g/mol. The Bertz CT molecular complexity index is 319. The van der Waals surface area contributed by atoms with Gasteiger partial charge in [-0.3, -0.25) is 0 Å². The molecule has 1 aromatic rings. The molecule has 1 saturated carbocycles. The Kier molecular flexibility index (Phi) is 3.86.